The van der Waals surface area contributed by atoms with Gasteiger partial charge in [-0.1, -0.05) is 42.5 Å². The van der Waals surface area contributed by atoms with Crippen LogP contribution in [0.15, 0.2) is 54.6 Å². The summed E-state index contributed by atoms with van der Waals surface area (Å²) in [6.45, 7) is 6.57. The summed E-state index contributed by atoms with van der Waals surface area (Å²) in [5, 5.41) is 3.00. The van der Waals surface area contributed by atoms with E-state index in [1.54, 1.807) is 7.11 Å². The Morgan fingerprint density at radius 1 is 0.926 bits per heavy atom. The molecule has 144 valence electrons. The van der Waals surface area contributed by atoms with E-state index < -0.39 is 0 Å². The second-order valence-electron chi connectivity index (χ2n) is 6.98. The van der Waals surface area contributed by atoms with Crippen molar-refractivity contribution in [2.24, 2.45) is 0 Å². The van der Waals surface area contributed by atoms with Gasteiger partial charge >= 0.3 is 0 Å². The highest BCUT2D eigenvalue weighted by atomic mass is 16.5. The number of nitrogens with one attached hydrogen (secondary N) is 1. The lowest BCUT2D eigenvalue weighted by atomic mass is 10.2. The standard InChI is InChI=1S/C22H29N3O2/c1-27-21-9-7-19(8-10-21)17-23-22(26)11-12-24-13-15-25(16-14-24)18-20-5-3-2-4-6-20/h2-10H,11-18H2,1H3,(H,23,26). The molecule has 2 aromatic carbocycles. The zero-order valence-electron chi connectivity index (χ0n) is 16.1. The van der Waals surface area contributed by atoms with E-state index in [-0.39, 0.29) is 5.91 Å². The molecule has 0 bridgehead atoms. The fourth-order valence-electron chi connectivity index (χ4n) is 3.30. The SMILES string of the molecule is COc1ccc(CNC(=O)CCN2CCN(Cc3ccccc3)CC2)cc1. The van der Waals surface area contributed by atoms with Crippen LogP contribution in [0.5, 0.6) is 5.75 Å². The molecule has 1 fully saturated rings. The maximum atomic E-state index is 12.1. The van der Waals surface area contributed by atoms with Gasteiger partial charge in [-0.15, -0.1) is 0 Å². The average Bonchev–Trinajstić information content (AvgIpc) is 2.73. The Bertz CT molecular complexity index is 695. The van der Waals surface area contributed by atoms with E-state index in [0.717, 1.165) is 50.6 Å². The summed E-state index contributed by atoms with van der Waals surface area (Å²) in [5.74, 6) is 0.939. The van der Waals surface area contributed by atoms with Crippen molar-refractivity contribution in [3.63, 3.8) is 0 Å². The van der Waals surface area contributed by atoms with E-state index in [1.807, 2.05) is 24.3 Å². The van der Waals surface area contributed by atoms with E-state index in [2.05, 4.69) is 45.4 Å². The average molecular weight is 367 g/mol. The summed E-state index contributed by atoms with van der Waals surface area (Å²) in [6.07, 6.45) is 0.550. The molecule has 0 saturated carbocycles. The van der Waals surface area contributed by atoms with Crippen LogP contribution < -0.4 is 10.1 Å². The monoisotopic (exact) mass is 367 g/mol. The van der Waals surface area contributed by atoms with Gasteiger partial charge in [0.05, 0.1) is 7.11 Å². The molecule has 5 heteroatoms. The van der Waals surface area contributed by atoms with Gasteiger partial charge in [0.15, 0.2) is 0 Å². The Kier molecular flexibility index (Phi) is 7.25. The van der Waals surface area contributed by atoms with E-state index in [0.29, 0.717) is 13.0 Å². The van der Waals surface area contributed by atoms with E-state index in [1.165, 1.54) is 5.56 Å². The molecular weight excluding hydrogens is 338 g/mol. The molecule has 0 radical (unpaired) electrons. The number of rotatable bonds is 8. The summed E-state index contributed by atoms with van der Waals surface area (Å²) in [7, 11) is 1.65. The molecule has 0 atom stereocenters. The Labute approximate surface area is 161 Å². The van der Waals surface area contributed by atoms with Crippen LogP contribution in [0.3, 0.4) is 0 Å². The molecule has 1 amide bonds. The predicted octanol–water partition coefficient (Wildman–Crippen LogP) is 2.52. The molecule has 1 heterocycles. The van der Waals surface area contributed by atoms with Gasteiger partial charge in [0.1, 0.15) is 5.75 Å². The summed E-state index contributed by atoms with van der Waals surface area (Å²) in [6, 6.07) is 18.4. The normalized spacial score (nSPS) is 15.4. The third-order valence-electron chi connectivity index (χ3n) is 5.02. The molecule has 1 N–H and O–H groups in total. The van der Waals surface area contributed by atoms with Crippen molar-refractivity contribution in [1.29, 1.82) is 0 Å². The second-order valence-corrected chi connectivity index (χ2v) is 6.98. The van der Waals surface area contributed by atoms with Gasteiger partial charge in [-0.25, -0.2) is 0 Å². The third-order valence-corrected chi connectivity index (χ3v) is 5.02. The van der Waals surface area contributed by atoms with Crippen molar-refractivity contribution in [3.05, 3.63) is 65.7 Å². The maximum absolute atomic E-state index is 12.1. The minimum absolute atomic E-state index is 0.109. The molecule has 1 aliphatic rings. The van der Waals surface area contributed by atoms with Gasteiger partial charge in [-0.05, 0) is 23.3 Å². The minimum atomic E-state index is 0.109. The summed E-state index contributed by atoms with van der Waals surface area (Å²) in [4.78, 5) is 17.0. The van der Waals surface area contributed by atoms with Crippen LogP contribution in [-0.2, 0) is 17.9 Å². The Hall–Kier alpha value is -2.37. The number of benzene rings is 2. The molecule has 0 unspecified atom stereocenters. The van der Waals surface area contributed by atoms with Crippen molar-refractivity contribution in [3.8, 4) is 5.75 Å². The first-order chi connectivity index (χ1) is 13.2. The van der Waals surface area contributed by atoms with Gasteiger partial charge in [0, 0.05) is 52.2 Å². The molecule has 1 saturated heterocycles. The number of carbonyl (C=O) groups is 1. The van der Waals surface area contributed by atoms with Crippen molar-refractivity contribution < 1.29 is 9.53 Å². The molecule has 1 aliphatic heterocycles. The lowest BCUT2D eigenvalue weighted by Gasteiger charge is -2.34. The highest BCUT2D eigenvalue weighted by molar-refractivity contribution is 5.76. The number of methoxy groups -OCH3 is 1. The van der Waals surface area contributed by atoms with Crippen LogP contribution in [0.4, 0.5) is 0 Å². The molecule has 0 spiro atoms. The van der Waals surface area contributed by atoms with E-state index in [9.17, 15) is 4.79 Å². The van der Waals surface area contributed by atoms with E-state index >= 15 is 0 Å². The number of hydrogen-bond donors (Lipinski definition) is 1. The predicted molar refractivity (Wildman–Crippen MR) is 108 cm³/mol. The van der Waals surface area contributed by atoms with Gasteiger partial charge in [0.2, 0.25) is 5.91 Å². The first-order valence-corrected chi connectivity index (χ1v) is 9.61. The number of amides is 1. The zero-order chi connectivity index (χ0) is 18.9. The van der Waals surface area contributed by atoms with Crippen molar-refractivity contribution in [2.45, 2.75) is 19.5 Å². The van der Waals surface area contributed by atoms with E-state index in [4.69, 9.17) is 4.74 Å². The molecule has 5 nitrogen and oxygen atoms in total. The summed E-state index contributed by atoms with van der Waals surface area (Å²) < 4.78 is 5.14. The number of ether oxygens (including phenoxy) is 1. The van der Waals surface area contributed by atoms with Gasteiger partial charge < -0.3 is 15.0 Å². The van der Waals surface area contributed by atoms with Crippen LogP contribution in [0.25, 0.3) is 0 Å². The third kappa shape index (κ3) is 6.38. The largest absolute Gasteiger partial charge is 0.497 e. The second kappa shape index (κ2) is 10.1. The fourth-order valence-corrected chi connectivity index (χ4v) is 3.30. The number of nitrogens with zero attached hydrogens (tertiary/aromatic N) is 2. The lowest BCUT2D eigenvalue weighted by Crippen LogP contribution is -2.46. The van der Waals surface area contributed by atoms with Crippen LogP contribution in [0.1, 0.15) is 17.5 Å². The van der Waals surface area contributed by atoms with Crippen molar-refractivity contribution >= 4 is 5.91 Å². The van der Waals surface area contributed by atoms with Gasteiger partial charge in [-0.3, -0.25) is 9.69 Å². The molecule has 0 aliphatic carbocycles. The molecule has 0 aromatic heterocycles. The fraction of sp³-hybridized carbons (Fsp3) is 0.409. The first-order valence-electron chi connectivity index (χ1n) is 9.61. The molecule has 27 heavy (non-hydrogen) atoms. The first kappa shape index (κ1) is 19.4. The van der Waals surface area contributed by atoms with Crippen molar-refractivity contribution in [1.82, 2.24) is 15.1 Å². The quantitative estimate of drug-likeness (QED) is 0.779. The zero-order valence-corrected chi connectivity index (χ0v) is 16.1. The topological polar surface area (TPSA) is 44.8 Å². The van der Waals surface area contributed by atoms with Crippen LogP contribution >= 0.6 is 0 Å². The Morgan fingerprint density at radius 3 is 2.26 bits per heavy atom. The maximum Gasteiger partial charge on any atom is 0.221 e. The Balaban J connectivity index is 1.31. The lowest BCUT2D eigenvalue weighted by molar-refractivity contribution is -0.121. The smallest absolute Gasteiger partial charge is 0.221 e. The van der Waals surface area contributed by atoms with Crippen molar-refractivity contribution in [2.75, 3.05) is 39.8 Å². The van der Waals surface area contributed by atoms with Gasteiger partial charge in [0.25, 0.3) is 0 Å². The summed E-state index contributed by atoms with van der Waals surface area (Å²) >= 11 is 0. The van der Waals surface area contributed by atoms with Crippen LogP contribution in [0, 0.1) is 0 Å². The molecule has 2 aromatic rings. The van der Waals surface area contributed by atoms with Crippen LogP contribution in [-0.4, -0.2) is 55.5 Å². The molecule has 3 rings (SSSR count). The Morgan fingerprint density at radius 2 is 1.59 bits per heavy atom. The van der Waals surface area contributed by atoms with Crippen LogP contribution in [0.2, 0.25) is 0 Å². The summed E-state index contributed by atoms with van der Waals surface area (Å²) in [5.41, 5.74) is 2.45. The molecular formula is C22H29N3O2. The number of carbonyl (C=O) groups excluding carboxylic acids is 1. The highest BCUT2D eigenvalue weighted by Crippen LogP contribution is 2.11. The van der Waals surface area contributed by atoms with Gasteiger partial charge in [-0.2, -0.15) is 0 Å². The minimum Gasteiger partial charge on any atom is -0.497 e. The number of piperazine rings is 1. The highest BCUT2D eigenvalue weighted by Gasteiger charge is 2.17. The number of hydrogen-bond acceptors (Lipinski definition) is 4.